The van der Waals surface area contributed by atoms with E-state index in [1.807, 2.05) is 35.0 Å². The minimum atomic E-state index is -0.141. The van der Waals surface area contributed by atoms with Crippen LogP contribution in [0.4, 0.5) is 0 Å². The van der Waals surface area contributed by atoms with Gasteiger partial charge in [0, 0.05) is 30.3 Å². The van der Waals surface area contributed by atoms with Crippen LogP contribution in [0.1, 0.15) is 36.7 Å². The Labute approximate surface area is 213 Å². The summed E-state index contributed by atoms with van der Waals surface area (Å²) < 4.78 is 13.5. The number of thiocarbonyl (C=S) groups is 1. The van der Waals surface area contributed by atoms with E-state index in [-0.39, 0.29) is 24.5 Å². The Hall–Kier alpha value is -2.88. The summed E-state index contributed by atoms with van der Waals surface area (Å²) in [7, 11) is 0. The molecule has 35 heavy (non-hydrogen) atoms. The summed E-state index contributed by atoms with van der Waals surface area (Å²) in [5.41, 5.74) is 3.06. The monoisotopic (exact) mass is 509 g/mol. The van der Waals surface area contributed by atoms with Crippen molar-refractivity contribution in [3.8, 4) is 0 Å². The molecule has 0 spiro atoms. The average molecular weight is 510 g/mol. The number of aromatic nitrogens is 1. The molecule has 2 aliphatic heterocycles. The number of ether oxygens (including phenoxy) is 1. The number of nitrogens with one attached hydrogen (secondary N) is 1. The number of rotatable bonds is 8. The molecule has 2 aromatic heterocycles. The van der Waals surface area contributed by atoms with Gasteiger partial charge in [-0.15, -0.1) is 0 Å². The molecule has 1 aromatic carbocycles. The van der Waals surface area contributed by atoms with Crippen molar-refractivity contribution >= 4 is 57.1 Å². The van der Waals surface area contributed by atoms with Crippen molar-refractivity contribution in [3.05, 3.63) is 64.6 Å². The summed E-state index contributed by atoms with van der Waals surface area (Å²) in [5.74, 6) is 0.485. The van der Waals surface area contributed by atoms with Gasteiger partial charge >= 0.3 is 0 Å². The number of carbonyl (C=O) groups excluding carboxylic acids is 2. The molecule has 0 aliphatic carbocycles. The third-order valence-electron chi connectivity index (χ3n) is 6.31. The van der Waals surface area contributed by atoms with Gasteiger partial charge in [0.1, 0.15) is 16.6 Å². The Morgan fingerprint density at radius 3 is 2.94 bits per heavy atom. The minimum absolute atomic E-state index is 0.0559. The van der Waals surface area contributed by atoms with Gasteiger partial charge in [-0.25, -0.2) is 0 Å². The van der Waals surface area contributed by atoms with Crippen LogP contribution < -0.4 is 5.32 Å². The van der Waals surface area contributed by atoms with E-state index in [9.17, 15) is 9.59 Å². The zero-order valence-corrected chi connectivity index (χ0v) is 21.1. The third-order valence-corrected chi connectivity index (χ3v) is 7.69. The van der Waals surface area contributed by atoms with E-state index < -0.39 is 0 Å². The second-order valence-corrected chi connectivity index (χ2v) is 10.3. The first-order valence-electron chi connectivity index (χ1n) is 11.8. The van der Waals surface area contributed by atoms with Crippen LogP contribution in [-0.4, -0.2) is 44.9 Å². The second kappa shape index (κ2) is 10.4. The zero-order chi connectivity index (χ0) is 24.4. The van der Waals surface area contributed by atoms with Gasteiger partial charge in [0.05, 0.1) is 29.3 Å². The predicted octanol–water partition coefficient (Wildman–Crippen LogP) is 4.49. The van der Waals surface area contributed by atoms with Gasteiger partial charge in [-0.05, 0) is 43.0 Å². The lowest BCUT2D eigenvalue weighted by Crippen LogP contribution is -2.34. The number of benzene rings is 1. The SMILES string of the molecule is CCc1cccc2c(/C=C3\SC(=S)N(Cc4ccco4)C3=O)cn(CC(=O)NC[C@H]3CCCO3)c12. The smallest absolute Gasteiger partial charge is 0.266 e. The number of thioether (sulfide) groups is 1. The third kappa shape index (κ3) is 5.07. The van der Waals surface area contributed by atoms with Crippen molar-refractivity contribution in [1.82, 2.24) is 14.8 Å². The number of aryl methyl sites for hydroxylation is 1. The number of amides is 2. The number of furan rings is 1. The largest absolute Gasteiger partial charge is 0.467 e. The Balaban J connectivity index is 1.41. The lowest BCUT2D eigenvalue weighted by molar-refractivity contribution is -0.123. The predicted molar refractivity (Wildman–Crippen MR) is 141 cm³/mol. The van der Waals surface area contributed by atoms with Crippen LogP contribution in [-0.2, 0) is 33.8 Å². The van der Waals surface area contributed by atoms with E-state index in [0.717, 1.165) is 47.9 Å². The molecule has 7 nitrogen and oxygen atoms in total. The highest BCUT2D eigenvalue weighted by atomic mass is 32.2. The molecule has 4 heterocycles. The fourth-order valence-corrected chi connectivity index (χ4v) is 5.82. The fraction of sp³-hybridized carbons (Fsp3) is 0.346. The normalized spacial score (nSPS) is 19.4. The lowest BCUT2D eigenvalue weighted by Gasteiger charge is -2.12. The van der Waals surface area contributed by atoms with Crippen LogP contribution in [0.2, 0.25) is 0 Å². The molecule has 2 amide bonds. The van der Waals surface area contributed by atoms with Crippen molar-refractivity contribution in [2.45, 2.75) is 45.4 Å². The molecule has 2 aliphatic rings. The van der Waals surface area contributed by atoms with Crippen molar-refractivity contribution < 1.29 is 18.7 Å². The van der Waals surface area contributed by atoms with Crippen LogP contribution in [0.3, 0.4) is 0 Å². The van der Waals surface area contributed by atoms with Gasteiger partial charge in [-0.1, -0.05) is 49.1 Å². The van der Waals surface area contributed by atoms with Crippen LogP contribution in [0.15, 0.2) is 52.1 Å². The first-order chi connectivity index (χ1) is 17.0. The van der Waals surface area contributed by atoms with E-state index in [1.54, 1.807) is 17.2 Å². The number of hydrogen-bond acceptors (Lipinski definition) is 6. The highest BCUT2D eigenvalue weighted by Gasteiger charge is 2.33. The minimum Gasteiger partial charge on any atom is -0.467 e. The Morgan fingerprint density at radius 1 is 1.31 bits per heavy atom. The van der Waals surface area contributed by atoms with E-state index in [4.69, 9.17) is 21.4 Å². The molecular weight excluding hydrogens is 482 g/mol. The molecule has 1 N–H and O–H groups in total. The molecule has 0 radical (unpaired) electrons. The number of nitrogens with zero attached hydrogens (tertiary/aromatic N) is 2. The highest BCUT2D eigenvalue weighted by Crippen LogP contribution is 2.36. The molecule has 0 saturated carbocycles. The number of hydrogen-bond donors (Lipinski definition) is 1. The molecule has 2 fully saturated rings. The molecule has 5 rings (SSSR count). The van der Waals surface area contributed by atoms with E-state index in [0.29, 0.717) is 28.1 Å². The number of carbonyl (C=O) groups is 2. The van der Waals surface area contributed by atoms with E-state index in [2.05, 4.69) is 18.3 Å². The van der Waals surface area contributed by atoms with Crippen molar-refractivity contribution in [3.63, 3.8) is 0 Å². The van der Waals surface area contributed by atoms with Gasteiger partial charge in [0.25, 0.3) is 5.91 Å². The molecule has 3 aromatic rings. The molecule has 0 bridgehead atoms. The van der Waals surface area contributed by atoms with Gasteiger partial charge < -0.3 is 19.0 Å². The van der Waals surface area contributed by atoms with Crippen molar-refractivity contribution in [1.29, 1.82) is 0 Å². The van der Waals surface area contributed by atoms with Gasteiger partial charge in [0.15, 0.2) is 0 Å². The first-order valence-corrected chi connectivity index (χ1v) is 13.0. The Bertz CT molecular complexity index is 1290. The summed E-state index contributed by atoms with van der Waals surface area (Å²) in [5, 5.41) is 4.01. The molecular formula is C26H27N3O4S2. The topological polar surface area (TPSA) is 76.7 Å². The Kier molecular flexibility index (Phi) is 7.08. The van der Waals surface area contributed by atoms with Crippen LogP contribution in [0, 0.1) is 0 Å². The van der Waals surface area contributed by atoms with Crippen LogP contribution in [0.5, 0.6) is 0 Å². The molecule has 1 atom stereocenters. The van der Waals surface area contributed by atoms with Crippen LogP contribution >= 0.6 is 24.0 Å². The summed E-state index contributed by atoms with van der Waals surface area (Å²) >= 11 is 6.76. The van der Waals surface area contributed by atoms with E-state index >= 15 is 0 Å². The fourth-order valence-electron chi connectivity index (χ4n) is 4.57. The summed E-state index contributed by atoms with van der Waals surface area (Å²) in [4.78, 5) is 28.0. The lowest BCUT2D eigenvalue weighted by atomic mass is 10.1. The number of fused-ring (bicyclic) bond motifs is 1. The van der Waals surface area contributed by atoms with Crippen molar-refractivity contribution in [2.75, 3.05) is 13.2 Å². The first kappa shape index (κ1) is 23.8. The second-order valence-electron chi connectivity index (χ2n) is 8.67. The highest BCUT2D eigenvalue weighted by molar-refractivity contribution is 8.26. The summed E-state index contributed by atoms with van der Waals surface area (Å²) in [6, 6.07) is 9.74. The average Bonchev–Trinajstić information content (AvgIpc) is 3.65. The van der Waals surface area contributed by atoms with E-state index in [1.165, 1.54) is 11.8 Å². The Morgan fingerprint density at radius 2 is 2.20 bits per heavy atom. The quantitative estimate of drug-likeness (QED) is 0.356. The molecule has 2 saturated heterocycles. The number of para-hydroxylation sites is 1. The molecule has 9 heteroatoms. The van der Waals surface area contributed by atoms with Crippen LogP contribution in [0.25, 0.3) is 17.0 Å². The molecule has 182 valence electrons. The van der Waals surface area contributed by atoms with Gasteiger partial charge in [0.2, 0.25) is 5.91 Å². The maximum atomic E-state index is 13.1. The van der Waals surface area contributed by atoms with Gasteiger partial charge in [-0.2, -0.15) is 0 Å². The summed E-state index contributed by atoms with van der Waals surface area (Å²) in [6.45, 7) is 3.90. The van der Waals surface area contributed by atoms with Gasteiger partial charge in [-0.3, -0.25) is 14.5 Å². The standard InChI is InChI=1S/C26H27N3O4S2/c1-2-17-6-3-9-21-18(12-22-25(31)29(26(34)35-22)15-20-8-5-11-33-20)14-28(24(17)21)16-23(30)27-13-19-7-4-10-32-19/h3,5-6,8-9,11-12,14,19H,2,4,7,10,13,15-16H2,1H3,(H,27,30)/b22-12-/t19-/m1/s1. The zero-order valence-electron chi connectivity index (χ0n) is 19.5. The summed E-state index contributed by atoms with van der Waals surface area (Å²) in [6.07, 6.45) is 8.38. The van der Waals surface area contributed by atoms with Crippen molar-refractivity contribution in [2.24, 2.45) is 0 Å². The maximum Gasteiger partial charge on any atom is 0.266 e. The maximum absolute atomic E-state index is 13.1. The molecule has 0 unspecified atom stereocenters.